The van der Waals surface area contributed by atoms with Crippen molar-refractivity contribution in [3.05, 3.63) is 28.7 Å². The van der Waals surface area contributed by atoms with Crippen LogP contribution < -0.4 is 9.64 Å². The first kappa shape index (κ1) is 17.8. The largest absolute Gasteiger partial charge is 0.504 e. The minimum Gasteiger partial charge on any atom is -0.504 e. The molecule has 8 heteroatoms. The molecule has 0 aromatic heterocycles. The standard InChI is InChI=1S/C17H21N3O4S/c1-24-14-10-12(2-3-13(14)22)11-15-16(23)18-17(25-15)20-6-4-19(5-7-20)8-9-21/h2-3,10-11,21-22H,4-9H2,1H3/p+1/b15-11+. The Labute approximate surface area is 150 Å². The van der Waals surface area contributed by atoms with E-state index in [0.717, 1.165) is 43.5 Å². The number of benzene rings is 1. The number of amidine groups is 1. The van der Waals surface area contributed by atoms with E-state index in [4.69, 9.17) is 9.84 Å². The number of aromatic hydroxyl groups is 1. The number of carbonyl (C=O) groups is 1. The molecule has 0 bridgehead atoms. The average Bonchev–Trinajstić information content (AvgIpc) is 2.98. The molecular weight excluding hydrogens is 342 g/mol. The molecule has 2 aliphatic heterocycles. The van der Waals surface area contributed by atoms with Crippen molar-refractivity contribution in [1.29, 1.82) is 0 Å². The number of piperazine rings is 1. The van der Waals surface area contributed by atoms with Crippen LogP contribution >= 0.6 is 11.8 Å². The number of aliphatic hydroxyl groups is 1. The van der Waals surface area contributed by atoms with E-state index in [1.165, 1.54) is 23.8 Å². The number of ether oxygens (including phenoxy) is 1. The van der Waals surface area contributed by atoms with Gasteiger partial charge in [0.05, 0.1) is 44.8 Å². The second-order valence-corrected chi connectivity index (χ2v) is 6.96. The number of quaternary nitrogens is 1. The second kappa shape index (κ2) is 7.90. The van der Waals surface area contributed by atoms with Gasteiger partial charge in [-0.2, -0.15) is 4.99 Å². The highest BCUT2D eigenvalue weighted by molar-refractivity contribution is 8.18. The minimum atomic E-state index is -0.239. The smallest absolute Gasteiger partial charge is 0.286 e. The highest BCUT2D eigenvalue weighted by atomic mass is 32.2. The molecule has 0 saturated carbocycles. The fourth-order valence-corrected chi connectivity index (χ4v) is 3.86. The van der Waals surface area contributed by atoms with Gasteiger partial charge in [0.1, 0.15) is 6.54 Å². The Morgan fingerprint density at radius 2 is 2.16 bits per heavy atom. The lowest BCUT2D eigenvalue weighted by atomic mass is 10.2. The normalized spacial score (nSPS) is 20.2. The third kappa shape index (κ3) is 4.15. The molecule has 1 aromatic carbocycles. The van der Waals surface area contributed by atoms with E-state index < -0.39 is 0 Å². The molecule has 2 heterocycles. The van der Waals surface area contributed by atoms with Crippen molar-refractivity contribution < 1.29 is 24.6 Å². The Bertz CT molecular complexity index is 712. The predicted molar refractivity (Wildman–Crippen MR) is 96.9 cm³/mol. The first-order valence-electron chi connectivity index (χ1n) is 8.19. The van der Waals surface area contributed by atoms with Crippen LogP contribution in [-0.4, -0.2) is 72.6 Å². The molecule has 25 heavy (non-hydrogen) atoms. The summed E-state index contributed by atoms with van der Waals surface area (Å²) in [5.74, 6) is 0.196. The summed E-state index contributed by atoms with van der Waals surface area (Å²) < 4.78 is 5.10. The first-order valence-corrected chi connectivity index (χ1v) is 9.01. The Kier molecular flexibility index (Phi) is 5.62. The molecule has 3 N–H and O–H groups in total. The third-order valence-corrected chi connectivity index (χ3v) is 5.36. The maximum atomic E-state index is 12.2. The van der Waals surface area contributed by atoms with Gasteiger partial charge in [0.25, 0.3) is 5.91 Å². The number of carbonyl (C=O) groups excluding carboxylic acids is 1. The molecule has 1 amide bonds. The number of phenols is 1. The van der Waals surface area contributed by atoms with Crippen LogP contribution in [0.1, 0.15) is 5.56 Å². The fraction of sp³-hybridized carbons (Fsp3) is 0.412. The lowest BCUT2D eigenvalue weighted by Crippen LogP contribution is -3.15. The van der Waals surface area contributed by atoms with Crippen molar-refractivity contribution in [1.82, 2.24) is 4.90 Å². The molecule has 1 saturated heterocycles. The van der Waals surface area contributed by atoms with Gasteiger partial charge < -0.3 is 24.7 Å². The van der Waals surface area contributed by atoms with Crippen LogP contribution in [-0.2, 0) is 4.79 Å². The van der Waals surface area contributed by atoms with E-state index in [2.05, 4.69) is 9.89 Å². The molecule has 0 spiro atoms. The number of aliphatic hydroxyl groups excluding tert-OH is 1. The van der Waals surface area contributed by atoms with Crippen molar-refractivity contribution in [2.24, 2.45) is 4.99 Å². The Hall–Kier alpha value is -2.03. The second-order valence-electron chi connectivity index (χ2n) is 5.95. The quantitative estimate of drug-likeness (QED) is 0.628. The number of methoxy groups -OCH3 is 1. The molecule has 2 aliphatic rings. The summed E-state index contributed by atoms with van der Waals surface area (Å²) in [5.41, 5.74) is 0.777. The summed E-state index contributed by atoms with van der Waals surface area (Å²) in [5, 5.41) is 19.4. The van der Waals surface area contributed by atoms with Crippen molar-refractivity contribution in [3.8, 4) is 11.5 Å². The van der Waals surface area contributed by atoms with Gasteiger partial charge in [0.2, 0.25) is 0 Å². The average molecular weight is 364 g/mol. The molecule has 0 aliphatic carbocycles. The van der Waals surface area contributed by atoms with Gasteiger partial charge in [-0.1, -0.05) is 6.07 Å². The van der Waals surface area contributed by atoms with Crippen molar-refractivity contribution >= 4 is 28.9 Å². The molecule has 3 rings (SSSR count). The number of nitrogens with zero attached hydrogens (tertiary/aromatic N) is 2. The molecule has 1 fully saturated rings. The number of amides is 1. The number of phenolic OH excluding ortho intramolecular Hbond substituents is 1. The zero-order chi connectivity index (χ0) is 17.8. The van der Waals surface area contributed by atoms with Gasteiger partial charge in [-0.05, 0) is 35.5 Å². The van der Waals surface area contributed by atoms with Crippen LogP contribution in [0.2, 0.25) is 0 Å². The lowest BCUT2D eigenvalue weighted by Gasteiger charge is -2.32. The zero-order valence-electron chi connectivity index (χ0n) is 14.1. The van der Waals surface area contributed by atoms with E-state index >= 15 is 0 Å². The summed E-state index contributed by atoms with van der Waals surface area (Å²) in [6.45, 7) is 4.49. The van der Waals surface area contributed by atoms with Gasteiger partial charge in [-0.15, -0.1) is 0 Å². The summed E-state index contributed by atoms with van der Waals surface area (Å²) in [7, 11) is 1.49. The van der Waals surface area contributed by atoms with Crippen LogP contribution in [0.25, 0.3) is 6.08 Å². The summed E-state index contributed by atoms with van der Waals surface area (Å²) in [6, 6.07) is 4.96. The molecule has 0 atom stereocenters. The number of hydrogen-bond acceptors (Lipinski definition) is 6. The number of aliphatic imine (C=N–C) groups is 1. The Morgan fingerprint density at radius 1 is 1.40 bits per heavy atom. The summed E-state index contributed by atoms with van der Waals surface area (Å²) >= 11 is 1.38. The van der Waals surface area contributed by atoms with Crippen molar-refractivity contribution in [3.63, 3.8) is 0 Å². The zero-order valence-corrected chi connectivity index (χ0v) is 14.9. The minimum absolute atomic E-state index is 0.0650. The highest BCUT2D eigenvalue weighted by Gasteiger charge is 2.29. The van der Waals surface area contributed by atoms with E-state index in [9.17, 15) is 9.90 Å². The van der Waals surface area contributed by atoms with E-state index in [-0.39, 0.29) is 18.3 Å². The van der Waals surface area contributed by atoms with E-state index in [0.29, 0.717) is 10.7 Å². The molecule has 0 unspecified atom stereocenters. The maximum absolute atomic E-state index is 12.2. The van der Waals surface area contributed by atoms with Gasteiger partial charge >= 0.3 is 0 Å². The Balaban J connectivity index is 1.67. The Morgan fingerprint density at radius 3 is 2.84 bits per heavy atom. The number of nitrogens with one attached hydrogen (secondary N) is 1. The van der Waals surface area contributed by atoms with Crippen molar-refractivity contribution in [2.75, 3.05) is 46.4 Å². The van der Waals surface area contributed by atoms with Crippen molar-refractivity contribution in [2.45, 2.75) is 0 Å². The summed E-state index contributed by atoms with van der Waals surface area (Å²) in [4.78, 5) is 20.4. The van der Waals surface area contributed by atoms with Crippen LogP contribution in [0, 0.1) is 0 Å². The monoisotopic (exact) mass is 364 g/mol. The number of hydrogen-bond donors (Lipinski definition) is 3. The molecule has 7 nitrogen and oxygen atoms in total. The van der Waals surface area contributed by atoms with Crippen LogP contribution in [0.15, 0.2) is 28.1 Å². The van der Waals surface area contributed by atoms with Crippen LogP contribution in [0.5, 0.6) is 11.5 Å². The van der Waals surface area contributed by atoms with Gasteiger partial charge in [-0.25, -0.2) is 0 Å². The highest BCUT2D eigenvalue weighted by Crippen LogP contribution is 2.32. The van der Waals surface area contributed by atoms with E-state index in [1.807, 2.05) is 0 Å². The predicted octanol–water partition coefficient (Wildman–Crippen LogP) is -0.436. The topological polar surface area (TPSA) is 86.8 Å². The first-order chi connectivity index (χ1) is 12.1. The SMILES string of the molecule is COc1cc(/C=C2/SC(N3CC[NH+](CCO)CC3)=NC2=O)ccc1O. The number of rotatable bonds is 4. The van der Waals surface area contributed by atoms with Gasteiger partial charge in [0.15, 0.2) is 16.7 Å². The molecule has 134 valence electrons. The van der Waals surface area contributed by atoms with E-state index in [1.54, 1.807) is 24.3 Å². The third-order valence-electron chi connectivity index (χ3n) is 4.32. The fourth-order valence-electron chi connectivity index (χ4n) is 2.89. The maximum Gasteiger partial charge on any atom is 0.286 e. The molecule has 1 aromatic rings. The summed E-state index contributed by atoms with van der Waals surface area (Å²) in [6.07, 6.45) is 1.76. The number of thioether (sulfide) groups is 1. The van der Waals surface area contributed by atoms with Crippen LogP contribution in [0.3, 0.4) is 0 Å². The van der Waals surface area contributed by atoms with Crippen LogP contribution in [0.4, 0.5) is 0 Å². The molecule has 0 radical (unpaired) electrons. The lowest BCUT2D eigenvalue weighted by molar-refractivity contribution is -0.904. The van der Waals surface area contributed by atoms with Gasteiger partial charge in [-0.3, -0.25) is 4.79 Å². The van der Waals surface area contributed by atoms with Gasteiger partial charge in [0, 0.05) is 0 Å². The molecular formula is C17H22N3O4S+.